The predicted molar refractivity (Wildman–Crippen MR) is 96.2 cm³/mol. The summed E-state index contributed by atoms with van der Waals surface area (Å²) in [6.07, 6.45) is 0. The number of amides is 2. The van der Waals surface area contributed by atoms with Crippen molar-refractivity contribution < 1.29 is 18.7 Å². The van der Waals surface area contributed by atoms with Gasteiger partial charge in [0.15, 0.2) is 6.61 Å². The van der Waals surface area contributed by atoms with Gasteiger partial charge in [-0.15, -0.1) is 0 Å². The summed E-state index contributed by atoms with van der Waals surface area (Å²) < 4.78 is 18.9. The number of hydrogen-bond acceptors (Lipinski definition) is 4. The van der Waals surface area contributed by atoms with Crippen molar-refractivity contribution in [3.63, 3.8) is 0 Å². The van der Waals surface area contributed by atoms with E-state index in [1.54, 1.807) is 19.1 Å². The van der Waals surface area contributed by atoms with E-state index in [4.69, 9.17) is 10.5 Å². The normalized spacial score (nSPS) is 10.3. The van der Waals surface area contributed by atoms with Crippen LogP contribution in [-0.2, 0) is 17.9 Å². The Kier molecular flexibility index (Phi) is 6.68. The van der Waals surface area contributed by atoms with E-state index in [0.717, 1.165) is 5.56 Å². The number of likely N-dealkylation sites (N-methyl/N-ethyl adjacent to an activating group) is 1. The Morgan fingerprint density at radius 1 is 1.19 bits per heavy atom. The van der Waals surface area contributed by atoms with Gasteiger partial charge in [-0.05, 0) is 42.3 Å². The number of carbonyl (C=O) groups is 2. The average Bonchev–Trinajstić information content (AvgIpc) is 2.66. The van der Waals surface area contributed by atoms with Crippen molar-refractivity contribution >= 4 is 11.8 Å². The van der Waals surface area contributed by atoms with Gasteiger partial charge in [-0.25, -0.2) is 4.39 Å². The molecule has 0 fully saturated rings. The Bertz CT molecular complexity index is 809. The van der Waals surface area contributed by atoms with Crippen LogP contribution < -0.4 is 21.1 Å². The largest absolute Gasteiger partial charge is 0.483 e. The van der Waals surface area contributed by atoms with E-state index in [2.05, 4.69) is 10.6 Å². The van der Waals surface area contributed by atoms with E-state index >= 15 is 0 Å². The molecule has 0 heterocycles. The average molecular weight is 359 g/mol. The highest BCUT2D eigenvalue weighted by Gasteiger charge is 2.11. The number of carbonyl (C=O) groups excluding carboxylic acids is 2. The number of hydrogen-bond donors (Lipinski definition) is 3. The quantitative estimate of drug-likeness (QED) is 0.701. The first-order valence-electron chi connectivity index (χ1n) is 8.14. The fraction of sp³-hybridized carbons (Fsp3) is 0.263. The number of rotatable bonds is 7. The molecule has 2 amide bonds. The van der Waals surface area contributed by atoms with E-state index in [1.807, 2.05) is 6.07 Å². The number of aryl methyl sites for hydroxylation is 1. The molecule has 138 valence electrons. The summed E-state index contributed by atoms with van der Waals surface area (Å²) in [5, 5.41) is 5.24. The maximum Gasteiger partial charge on any atom is 0.257 e. The summed E-state index contributed by atoms with van der Waals surface area (Å²) in [6, 6.07) is 9.54. The van der Waals surface area contributed by atoms with Crippen molar-refractivity contribution in [3.05, 3.63) is 64.5 Å². The number of nitrogens with two attached hydrogens (primary N) is 1. The van der Waals surface area contributed by atoms with E-state index in [0.29, 0.717) is 29.0 Å². The molecule has 0 aromatic heterocycles. The lowest BCUT2D eigenvalue weighted by Gasteiger charge is -2.13. The SMILES string of the molecule is CNC(=O)COc1cc(CN)ccc1CNC(=O)c1ccc(F)c(C)c1. The molecule has 0 aliphatic carbocycles. The number of halogens is 1. The van der Waals surface area contributed by atoms with Gasteiger partial charge in [0.25, 0.3) is 11.8 Å². The molecule has 6 nitrogen and oxygen atoms in total. The molecule has 0 aliphatic rings. The zero-order chi connectivity index (χ0) is 19.1. The van der Waals surface area contributed by atoms with Crippen molar-refractivity contribution in [2.45, 2.75) is 20.0 Å². The number of benzene rings is 2. The van der Waals surface area contributed by atoms with Gasteiger partial charge in [0.2, 0.25) is 0 Å². The van der Waals surface area contributed by atoms with Crippen molar-refractivity contribution in [1.29, 1.82) is 0 Å². The molecule has 0 bridgehead atoms. The Labute approximate surface area is 151 Å². The smallest absolute Gasteiger partial charge is 0.257 e. The second kappa shape index (κ2) is 8.96. The van der Waals surface area contributed by atoms with Crippen molar-refractivity contribution in [1.82, 2.24) is 10.6 Å². The Morgan fingerprint density at radius 3 is 2.62 bits per heavy atom. The Morgan fingerprint density at radius 2 is 1.96 bits per heavy atom. The molecule has 26 heavy (non-hydrogen) atoms. The van der Waals surface area contributed by atoms with Crippen LogP contribution in [0.25, 0.3) is 0 Å². The Balaban J connectivity index is 2.10. The molecule has 0 atom stereocenters. The molecule has 4 N–H and O–H groups in total. The highest BCUT2D eigenvalue weighted by molar-refractivity contribution is 5.94. The Hall–Kier alpha value is -2.93. The van der Waals surface area contributed by atoms with Crippen LogP contribution in [0, 0.1) is 12.7 Å². The molecule has 0 saturated carbocycles. The van der Waals surface area contributed by atoms with Gasteiger partial charge in [0.1, 0.15) is 11.6 Å². The molecule has 2 aromatic rings. The minimum atomic E-state index is -0.358. The molecule has 0 spiro atoms. The molecule has 7 heteroatoms. The first-order valence-corrected chi connectivity index (χ1v) is 8.14. The fourth-order valence-corrected chi connectivity index (χ4v) is 2.29. The molecule has 0 aliphatic heterocycles. The molecule has 0 unspecified atom stereocenters. The lowest BCUT2D eigenvalue weighted by Crippen LogP contribution is -2.26. The topological polar surface area (TPSA) is 93.4 Å². The maximum absolute atomic E-state index is 13.3. The minimum absolute atomic E-state index is 0.136. The van der Waals surface area contributed by atoms with Gasteiger partial charge in [0, 0.05) is 31.3 Å². The zero-order valence-corrected chi connectivity index (χ0v) is 14.8. The maximum atomic E-state index is 13.3. The van der Waals surface area contributed by atoms with Gasteiger partial charge < -0.3 is 21.1 Å². The standard InChI is InChI=1S/C19H22FN3O3/c1-12-7-14(5-6-16(12)20)19(25)23-10-15-4-3-13(9-21)8-17(15)26-11-18(24)22-2/h3-8H,9-11,21H2,1-2H3,(H,22,24)(H,23,25). The molecule has 0 saturated heterocycles. The molecule has 0 radical (unpaired) electrons. The van der Waals surface area contributed by atoms with Crippen LogP contribution in [0.1, 0.15) is 27.0 Å². The predicted octanol–water partition coefficient (Wildman–Crippen LogP) is 1.65. The van der Waals surface area contributed by atoms with Gasteiger partial charge >= 0.3 is 0 Å². The van der Waals surface area contributed by atoms with Crippen molar-refractivity contribution in [2.75, 3.05) is 13.7 Å². The second-order valence-electron chi connectivity index (χ2n) is 5.75. The van der Waals surface area contributed by atoms with Gasteiger partial charge in [-0.3, -0.25) is 9.59 Å². The van der Waals surface area contributed by atoms with Gasteiger partial charge in [-0.1, -0.05) is 12.1 Å². The van der Waals surface area contributed by atoms with Crippen LogP contribution in [-0.4, -0.2) is 25.5 Å². The third-order valence-corrected chi connectivity index (χ3v) is 3.86. The first kappa shape index (κ1) is 19.4. The lowest BCUT2D eigenvalue weighted by molar-refractivity contribution is -0.122. The summed E-state index contributed by atoms with van der Waals surface area (Å²) >= 11 is 0. The summed E-state index contributed by atoms with van der Waals surface area (Å²) in [7, 11) is 1.52. The zero-order valence-electron chi connectivity index (χ0n) is 14.8. The molecule has 2 aromatic carbocycles. The van der Waals surface area contributed by atoms with Crippen molar-refractivity contribution in [3.8, 4) is 5.75 Å². The summed E-state index contributed by atoms with van der Waals surface area (Å²) in [5.41, 5.74) is 7.97. The fourth-order valence-electron chi connectivity index (χ4n) is 2.29. The molecular weight excluding hydrogens is 337 g/mol. The van der Waals surface area contributed by atoms with Crippen LogP contribution in [0.15, 0.2) is 36.4 Å². The van der Waals surface area contributed by atoms with Crippen LogP contribution in [0.3, 0.4) is 0 Å². The van der Waals surface area contributed by atoms with Crippen LogP contribution in [0.4, 0.5) is 4.39 Å². The first-order chi connectivity index (χ1) is 12.4. The summed E-state index contributed by atoms with van der Waals surface area (Å²) in [6.45, 7) is 1.99. The van der Waals surface area contributed by atoms with Crippen molar-refractivity contribution in [2.24, 2.45) is 5.73 Å². The molecule has 2 rings (SSSR count). The van der Waals surface area contributed by atoms with E-state index < -0.39 is 0 Å². The minimum Gasteiger partial charge on any atom is -0.483 e. The monoisotopic (exact) mass is 359 g/mol. The third kappa shape index (κ3) is 5.03. The van der Waals surface area contributed by atoms with E-state index in [1.165, 1.54) is 25.2 Å². The third-order valence-electron chi connectivity index (χ3n) is 3.86. The van der Waals surface area contributed by atoms with E-state index in [-0.39, 0.29) is 30.8 Å². The summed E-state index contributed by atoms with van der Waals surface area (Å²) in [5.74, 6) is -0.468. The van der Waals surface area contributed by atoms with Crippen LogP contribution in [0.2, 0.25) is 0 Å². The molecular formula is C19H22FN3O3. The van der Waals surface area contributed by atoms with Crippen LogP contribution in [0.5, 0.6) is 5.75 Å². The summed E-state index contributed by atoms with van der Waals surface area (Å²) in [4.78, 5) is 23.7. The number of ether oxygens (including phenoxy) is 1. The van der Waals surface area contributed by atoms with Gasteiger partial charge in [-0.2, -0.15) is 0 Å². The second-order valence-corrected chi connectivity index (χ2v) is 5.75. The van der Waals surface area contributed by atoms with E-state index in [9.17, 15) is 14.0 Å². The highest BCUT2D eigenvalue weighted by atomic mass is 19.1. The van der Waals surface area contributed by atoms with Gasteiger partial charge in [0.05, 0.1) is 0 Å². The number of nitrogens with one attached hydrogen (secondary N) is 2. The van der Waals surface area contributed by atoms with Crippen LogP contribution >= 0.6 is 0 Å². The lowest BCUT2D eigenvalue weighted by atomic mass is 10.1. The highest BCUT2D eigenvalue weighted by Crippen LogP contribution is 2.21.